The fourth-order valence-corrected chi connectivity index (χ4v) is 2.14. The number of nitrogens with zero attached hydrogens (tertiary/aromatic N) is 1. The van der Waals surface area contributed by atoms with Gasteiger partial charge in [0, 0.05) is 12.1 Å². The molecule has 1 atom stereocenters. The monoisotopic (exact) mass is 286 g/mol. The van der Waals surface area contributed by atoms with Crippen molar-refractivity contribution < 1.29 is 13.9 Å². The number of ether oxygens (including phenoxy) is 1. The van der Waals surface area contributed by atoms with Gasteiger partial charge in [0.05, 0.1) is 25.7 Å². The first-order valence-electron chi connectivity index (χ1n) is 6.04. The molecule has 1 N–H and O–H groups in total. The van der Waals surface area contributed by atoms with E-state index in [-0.39, 0.29) is 25.2 Å². The number of likely N-dealkylation sites (tertiary alicyclic amines) is 1. The molecule has 1 unspecified atom stereocenters. The van der Waals surface area contributed by atoms with Crippen LogP contribution in [0.1, 0.15) is 11.6 Å². The first-order chi connectivity index (χ1) is 9.10. The van der Waals surface area contributed by atoms with Crippen LogP contribution in [0.2, 0.25) is 5.02 Å². The topological polar surface area (TPSA) is 41.6 Å². The van der Waals surface area contributed by atoms with Gasteiger partial charge in [0.15, 0.2) is 0 Å². The maximum absolute atomic E-state index is 12.7. The molecule has 6 heteroatoms. The van der Waals surface area contributed by atoms with Crippen molar-refractivity contribution in [3.8, 4) is 0 Å². The van der Waals surface area contributed by atoms with Gasteiger partial charge in [-0.05, 0) is 17.7 Å². The molecule has 1 heterocycles. The molecule has 0 saturated carbocycles. The fourth-order valence-electron chi connectivity index (χ4n) is 1.94. The van der Waals surface area contributed by atoms with E-state index in [0.717, 1.165) is 5.56 Å². The van der Waals surface area contributed by atoms with E-state index in [1.165, 1.54) is 4.90 Å². The van der Waals surface area contributed by atoms with Gasteiger partial charge in [-0.25, -0.2) is 9.18 Å². The molecular weight excluding hydrogens is 271 g/mol. The lowest BCUT2D eigenvalue weighted by molar-refractivity contribution is 0.0840. The Hall–Kier alpha value is -1.33. The van der Waals surface area contributed by atoms with Crippen molar-refractivity contribution in [3.63, 3.8) is 0 Å². The maximum atomic E-state index is 12.7. The minimum atomic E-state index is -0.905. The van der Waals surface area contributed by atoms with Crippen LogP contribution < -0.4 is 5.32 Å². The van der Waals surface area contributed by atoms with Gasteiger partial charge in [-0.1, -0.05) is 23.7 Å². The molecule has 0 aromatic heterocycles. The number of amides is 2. The maximum Gasteiger partial charge on any atom is 0.318 e. The summed E-state index contributed by atoms with van der Waals surface area (Å²) in [7, 11) is 1.56. The molecule has 1 aromatic rings. The zero-order chi connectivity index (χ0) is 13.8. The molecule has 19 heavy (non-hydrogen) atoms. The molecule has 0 spiro atoms. The number of hydrogen-bond donors (Lipinski definition) is 1. The molecule has 4 nitrogen and oxygen atoms in total. The van der Waals surface area contributed by atoms with Crippen molar-refractivity contribution in [1.29, 1.82) is 0 Å². The minimum absolute atomic E-state index is 0.154. The second-order valence-electron chi connectivity index (χ2n) is 4.51. The standard InChI is InChI=1S/C13H16ClFN2O2/c1-19-8-12(9-3-2-4-10(14)5-9)16-13(18)17-6-11(15)7-17/h2-5,11-12H,6-8H2,1H3,(H,16,18). The first kappa shape index (κ1) is 14.1. The van der Waals surface area contributed by atoms with Crippen molar-refractivity contribution in [2.75, 3.05) is 26.8 Å². The van der Waals surface area contributed by atoms with Gasteiger partial charge in [0.2, 0.25) is 0 Å². The molecular formula is C13H16ClFN2O2. The summed E-state index contributed by atoms with van der Waals surface area (Å²) in [5.41, 5.74) is 0.861. The summed E-state index contributed by atoms with van der Waals surface area (Å²) in [6.07, 6.45) is -0.905. The highest BCUT2D eigenvalue weighted by atomic mass is 35.5. The van der Waals surface area contributed by atoms with E-state index >= 15 is 0 Å². The van der Waals surface area contributed by atoms with Crippen LogP contribution in [0.5, 0.6) is 0 Å². The number of nitrogens with one attached hydrogen (secondary N) is 1. The van der Waals surface area contributed by atoms with Gasteiger partial charge >= 0.3 is 6.03 Å². The van der Waals surface area contributed by atoms with Gasteiger partial charge in [-0.15, -0.1) is 0 Å². The van der Waals surface area contributed by atoms with E-state index in [1.807, 2.05) is 12.1 Å². The van der Waals surface area contributed by atoms with Gasteiger partial charge in [-0.2, -0.15) is 0 Å². The highest BCUT2D eigenvalue weighted by Gasteiger charge is 2.31. The average molecular weight is 287 g/mol. The number of rotatable bonds is 4. The normalized spacial score (nSPS) is 16.9. The zero-order valence-electron chi connectivity index (χ0n) is 10.6. The number of benzene rings is 1. The van der Waals surface area contributed by atoms with Crippen molar-refractivity contribution >= 4 is 17.6 Å². The van der Waals surface area contributed by atoms with Crippen molar-refractivity contribution in [1.82, 2.24) is 10.2 Å². The Bertz CT molecular complexity index is 452. The lowest BCUT2D eigenvalue weighted by atomic mass is 10.1. The van der Waals surface area contributed by atoms with Crippen LogP contribution in [0, 0.1) is 0 Å². The second-order valence-corrected chi connectivity index (χ2v) is 4.95. The van der Waals surface area contributed by atoms with E-state index in [4.69, 9.17) is 16.3 Å². The number of carbonyl (C=O) groups is 1. The van der Waals surface area contributed by atoms with E-state index in [2.05, 4.69) is 5.32 Å². The Kier molecular flexibility index (Phi) is 4.61. The fraction of sp³-hybridized carbons (Fsp3) is 0.462. The molecule has 1 saturated heterocycles. The summed E-state index contributed by atoms with van der Waals surface area (Å²) in [6, 6.07) is 6.64. The molecule has 0 bridgehead atoms. The smallest absolute Gasteiger partial charge is 0.318 e. The van der Waals surface area contributed by atoms with Crippen LogP contribution in [0.3, 0.4) is 0 Å². The third-order valence-corrected chi connectivity index (χ3v) is 3.24. The molecule has 104 valence electrons. The van der Waals surface area contributed by atoms with E-state index < -0.39 is 6.17 Å². The van der Waals surface area contributed by atoms with Crippen LogP contribution in [0.4, 0.5) is 9.18 Å². The Balaban J connectivity index is 2.01. The Morgan fingerprint density at radius 3 is 2.95 bits per heavy atom. The van der Waals surface area contributed by atoms with Crippen LogP contribution in [0.15, 0.2) is 24.3 Å². The van der Waals surface area contributed by atoms with E-state index in [9.17, 15) is 9.18 Å². The van der Waals surface area contributed by atoms with Crippen molar-refractivity contribution in [3.05, 3.63) is 34.9 Å². The Morgan fingerprint density at radius 1 is 1.63 bits per heavy atom. The molecule has 0 radical (unpaired) electrons. The predicted octanol–water partition coefficient (Wildman–Crippen LogP) is 2.39. The third-order valence-electron chi connectivity index (χ3n) is 3.01. The molecule has 2 amide bonds. The summed E-state index contributed by atoms with van der Waals surface area (Å²) in [5, 5.41) is 3.42. The highest BCUT2D eigenvalue weighted by molar-refractivity contribution is 6.30. The summed E-state index contributed by atoms with van der Waals surface area (Å²) < 4.78 is 17.8. The van der Waals surface area contributed by atoms with Crippen LogP contribution in [-0.2, 0) is 4.74 Å². The van der Waals surface area contributed by atoms with Crippen LogP contribution >= 0.6 is 11.6 Å². The Labute approximate surface area is 116 Å². The number of urea groups is 1. The molecule has 1 aliphatic heterocycles. The molecule has 2 rings (SSSR count). The number of methoxy groups -OCH3 is 1. The van der Waals surface area contributed by atoms with E-state index in [0.29, 0.717) is 11.6 Å². The van der Waals surface area contributed by atoms with Gasteiger partial charge in [-0.3, -0.25) is 0 Å². The summed E-state index contributed by atoms with van der Waals surface area (Å²) in [4.78, 5) is 13.3. The number of carbonyl (C=O) groups excluding carboxylic acids is 1. The van der Waals surface area contributed by atoms with Gasteiger partial charge < -0.3 is 15.0 Å². The van der Waals surface area contributed by atoms with Gasteiger partial charge in [0.25, 0.3) is 0 Å². The van der Waals surface area contributed by atoms with Crippen molar-refractivity contribution in [2.45, 2.75) is 12.2 Å². The predicted molar refractivity (Wildman–Crippen MR) is 71.1 cm³/mol. The molecule has 0 aliphatic carbocycles. The Morgan fingerprint density at radius 2 is 2.37 bits per heavy atom. The average Bonchev–Trinajstić information content (AvgIpc) is 2.34. The van der Waals surface area contributed by atoms with Crippen molar-refractivity contribution in [2.24, 2.45) is 0 Å². The van der Waals surface area contributed by atoms with Crippen LogP contribution in [0.25, 0.3) is 0 Å². The number of alkyl halides is 1. The highest BCUT2D eigenvalue weighted by Crippen LogP contribution is 2.19. The van der Waals surface area contributed by atoms with E-state index in [1.54, 1.807) is 19.2 Å². The van der Waals surface area contributed by atoms with Gasteiger partial charge in [0.1, 0.15) is 6.17 Å². The quantitative estimate of drug-likeness (QED) is 0.923. The third kappa shape index (κ3) is 3.58. The number of hydrogen-bond acceptors (Lipinski definition) is 2. The lowest BCUT2D eigenvalue weighted by Crippen LogP contribution is -2.55. The first-order valence-corrected chi connectivity index (χ1v) is 6.42. The number of halogens is 2. The van der Waals surface area contributed by atoms with Crippen LogP contribution in [-0.4, -0.2) is 43.9 Å². The summed E-state index contributed by atoms with van der Waals surface area (Å²) in [6.45, 7) is 0.640. The molecule has 1 aromatic carbocycles. The summed E-state index contributed by atoms with van der Waals surface area (Å²) in [5.74, 6) is 0. The minimum Gasteiger partial charge on any atom is -0.382 e. The lowest BCUT2D eigenvalue weighted by Gasteiger charge is -2.35. The SMILES string of the molecule is COCC(NC(=O)N1CC(F)C1)c1cccc(Cl)c1. The largest absolute Gasteiger partial charge is 0.382 e. The summed E-state index contributed by atoms with van der Waals surface area (Å²) >= 11 is 5.93. The molecule has 1 fully saturated rings. The second kappa shape index (κ2) is 6.21. The molecule has 1 aliphatic rings. The zero-order valence-corrected chi connectivity index (χ0v) is 11.4.